The Kier molecular flexibility index (Phi) is 7.43. The van der Waals surface area contributed by atoms with Crippen molar-refractivity contribution >= 4 is 21.7 Å². The van der Waals surface area contributed by atoms with Gasteiger partial charge in [0.2, 0.25) is 15.9 Å². The highest BCUT2D eigenvalue weighted by Crippen LogP contribution is 2.35. The Bertz CT molecular complexity index is 1460. The molecule has 9 nitrogen and oxygen atoms in total. The number of benzene rings is 2. The third kappa shape index (κ3) is 5.95. The molecule has 2 aliphatic carbocycles. The van der Waals surface area contributed by atoms with Gasteiger partial charge in [0.05, 0.1) is 24.0 Å². The van der Waals surface area contributed by atoms with Gasteiger partial charge in [0.15, 0.2) is 5.82 Å². The monoisotopic (exact) mass is 561 g/mol. The molecule has 10 heteroatoms. The molecule has 6 rings (SSSR count). The molecule has 2 heterocycles. The molecular weight excluding hydrogens is 526 g/mol. The average Bonchev–Trinajstić information content (AvgIpc) is 3.80. The first-order chi connectivity index (χ1) is 19.3. The van der Waals surface area contributed by atoms with Crippen molar-refractivity contribution in [1.82, 2.24) is 14.9 Å². The van der Waals surface area contributed by atoms with E-state index < -0.39 is 15.6 Å². The Hall–Kier alpha value is -3.18. The van der Waals surface area contributed by atoms with Gasteiger partial charge in [-0.15, -0.1) is 10.2 Å². The van der Waals surface area contributed by atoms with E-state index in [1.807, 2.05) is 60.7 Å². The number of amides is 1. The molecule has 0 radical (unpaired) electrons. The molecule has 1 aliphatic heterocycles. The van der Waals surface area contributed by atoms with Gasteiger partial charge in [0.1, 0.15) is 5.69 Å². The number of carbonyl (C=O) groups is 1. The van der Waals surface area contributed by atoms with Crippen LogP contribution in [0.15, 0.2) is 60.7 Å². The van der Waals surface area contributed by atoms with E-state index in [0.717, 1.165) is 66.5 Å². The van der Waals surface area contributed by atoms with E-state index >= 15 is 0 Å². The van der Waals surface area contributed by atoms with Gasteiger partial charge >= 0.3 is 0 Å². The highest BCUT2D eigenvalue weighted by Gasteiger charge is 2.38. The van der Waals surface area contributed by atoms with Crippen molar-refractivity contribution in [1.29, 1.82) is 0 Å². The van der Waals surface area contributed by atoms with Crippen LogP contribution in [0.25, 0.3) is 22.4 Å². The highest BCUT2D eigenvalue weighted by molar-refractivity contribution is 7.90. The Labute approximate surface area is 235 Å². The van der Waals surface area contributed by atoms with Crippen LogP contribution in [0.1, 0.15) is 50.5 Å². The molecule has 3 aromatic rings. The minimum Gasteiger partial charge on any atom is -0.377 e. The fourth-order valence-corrected chi connectivity index (χ4v) is 7.25. The number of hydrogen-bond donors (Lipinski definition) is 3. The molecular formula is C30H35N5O4S. The molecule has 0 unspecified atom stereocenters. The Morgan fingerprint density at radius 1 is 0.925 bits per heavy atom. The van der Waals surface area contributed by atoms with Crippen LogP contribution in [0.2, 0.25) is 0 Å². The smallest absolute Gasteiger partial charge is 0.225 e. The Balaban J connectivity index is 1.12. The van der Waals surface area contributed by atoms with Gasteiger partial charge in [-0.2, -0.15) is 0 Å². The Morgan fingerprint density at radius 2 is 1.62 bits per heavy atom. The SMILES string of the molecule is NC1(c2ccc(-c3nnc(NC(=O)CC4CCC(NS(=O)(=O)C5CC5)CC4)cc3-c3ccccc3)cc2)COC1. The summed E-state index contributed by atoms with van der Waals surface area (Å²) in [5.41, 5.74) is 10.4. The third-order valence-electron chi connectivity index (χ3n) is 8.21. The van der Waals surface area contributed by atoms with Crippen molar-refractivity contribution in [2.45, 2.75) is 61.8 Å². The lowest BCUT2D eigenvalue weighted by molar-refractivity contribution is -0.117. The van der Waals surface area contributed by atoms with Gasteiger partial charge < -0.3 is 15.8 Å². The number of rotatable bonds is 9. The lowest BCUT2D eigenvalue weighted by Gasteiger charge is -2.38. The maximum absolute atomic E-state index is 12.9. The second kappa shape index (κ2) is 11.0. The van der Waals surface area contributed by atoms with Gasteiger partial charge in [0.25, 0.3) is 0 Å². The summed E-state index contributed by atoms with van der Waals surface area (Å²) < 4.78 is 32.7. The molecule has 1 amide bonds. The van der Waals surface area contributed by atoms with Crippen molar-refractivity contribution in [2.75, 3.05) is 18.5 Å². The van der Waals surface area contributed by atoms with Crippen molar-refractivity contribution in [3.8, 4) is 22.4 Å². The minimum absolute atomic E-state index is 0.0248. The summed E-state index contributed by atoms with van der Waals surface area (Å²) in [6, 6.07) is 19.8. The van der Waals surface area contributed by atoms with Crippen LogP contribution in [-0.2, 0) is 25.1 Å². The summed E-state index contributed by atoms with van der Waals surface area (Å²) in [6.07, 6.45) is 5.05. The van der Waals surface area contributed by atoms with E-state index in [1.165, 1.54) is 0 Å². The zero-order chi connectivity index (χ0) is 27.7. The first kappa shape index (κ1) is 27.0. The molecule has 40 heavy (non-hydrogen) atoms. The normalized spacial score (nSPS) is 22.3. The van der Waals surface area contributed by atoms with Crippen LogP contribution in [0.4, 0.5) is 5.82 Å². The lowest BCUT2D eigenvalue weighted by Crippen LogP contribution is -2.54. The lowest BCUT2D eigenvalue weighted by atomic mass is 9.84. The first-order valence-electron chi connectivity index (χ1n) is 14.0. The van der Waals surface area contributed by atoms with E-state index in [4.69, 9.17) is 10.5 Å². The van der Waals surface area contributed by atoms with Crippen LogP contribution in [-0.4, -0.2) is 49.0 Å². The number of nitrogens with zero attached hydrogens (tertiary/aromatic N) is 2. The quantitative estimate of drug-likeness (QED) is 0.360. The summed E-state index contributed by atoms with van der Waals surface area (Å²) >= 11 is 0. The van der Waals surface area contributed by atoms with Crippen LogP contribution < -0.4 is 15.8 Å². The minimum atomic E-state index is -3.18. The molecule has 3 aliphatic rings. The van der Waals surface area contributed by atoms with Crippen molar-refractivity contribution in [3.63, 3.8) is 0 Å². The van der Waals surface area contributed by atoms with Crippen molar-refractivity contribution in [3.05, 3.63) is 66.2 Å². The maximum atomic E-state index is 12.9. The zero-order valence-corrected chi connectivity index (χ0v) is 23.2. The van der Waals surface area contributed by atoms with Crippen LogP contribution >= 0.6 is 0 Å². The molecule has 0 bridgehead atoms. The van der Waals surface area contributed by atoms with Crippen LogP contribution in [0.5, 0.6) is 0 Å². The molecule has 0 atom stereocenters. The van der Waals surface area contributed by atoms with Gasteiger partial charge in [-0.25, -0.2) is 13.1 Å². The summed E-state index contributed by atoms with van der Waals surface area (Å²) in [5.74, 6) is 0.513. The molecule has 2 saturated carbocycles. The third-order valence-corrected chi connectivity index (χ3v) is 10.2. The van der Waals surface area contributed by atoms with Gasteiger partial charge in [-0.3, -0.25) is 4.79 Å². The van der Waals surface area contributed by atoms with Crippen molar-refractivity contribution < 1.29 is 17.9 Å². The summed E-state index contributed by atoms with van der Waals surface area (Å²) in [5, 5.41) is 11.6. The number of hydrogen-bond acceptors (Lipinski definition) is 7. The summed E-state index contributed by atoms with van der Waals surface area (Å²) in [6.45, 7) is 1.02. The van der Waals surface area contributed by atoms with Crippen LogP contribution in [0, 0.1) is 5.92 Å². The van der Waals surface area contributed by atoms with E-state index in [0.29, 0.717) is 25.5 Å². The second-order valence-electron chi connectivity index (χ2n) is 11.4. The molecule has 210 valence electrons. The largest absolute Gasteiger partial charge is 0.377 e. The zero-order valence-electron chi connectivity index (χ0n) is 22.4. The van der Waals surface area contributed by atoms with E-state index in [2.05, 4.69) is 20.2 Å². The number of nitrogens with one attached hydrogen (secondary N) is 2. The standard InChI is InChI=1S/C30H35N5O4S/c31-30(18-39-19-30)23-10-8-22(9-11-23)29-26(21-4-2-1-3-5-21)17-27(33-34-29)32-28(36)16-20-6-12-24(13-7-20)35-40(37,38)25-14-15-25/h1-5,8-11,17,20,24-25,35H,6-7,12-16,18-19,31H2,(H,32,33,36). The van der Waals surface area contributed by atoms with Gasteiger partial charge in [0, 0.05) is 23.6 Å². The first-order valence-corrected chi connectivity index (χ1v) is 15.6. The maximum Gasteiger partial charge on any atom is 0.225 e. The summed E-state index contributed by atoms with van der Waals surface area (Å²) in [7, 11) is -3.18. The van der Waals surface area contributed by atoms with E-state index in [-0.39, 0.29) is 23.1 Å². The van der Waals surface area contributed by atoms with E-state index in [1.54, 1.807) is 0 Å². The topological polar surface area (TPSA) is 136 Å². The number of nitrogens with two attached hydrogens (primary N) is 1. The molecule has 4 N–H and O–H groups in total. The average molecular weight is 562 g/mol. The molecule has 0 spiro atoms. The number of ether oxygens (including phenoxy) is 1. The summed E-state index contributed by atoms with van der Waals surface area (Å²) in [4.78, 5) is 12.9. The fourth-order valence-electron chi connectivity index (χ4n) is 5.60. The molecule has 1 aromatic heterocycles. The Morgan fingerprint density at radius 3 is 2.25 bits per heavy atom. The predicted octanol–water partition coefficient (Wildman–Crippen LogP) is 3.96. The fraction of sp³-hybridized carbons (Fsp3) is 0.433. The number of carbonyl (C=O) groups excluding carboxylic acids is 1. The molecule has 1 saturated heterocycles. The van der Waals surface area contributed by atoms with Gasteiger partial charge in [-0.05, 0) is 61.6 Å². The van der Waals surface area contributed by atoms with Crippen LogP contribution in [0.3, 0.4) is 0 Å². The van der Waals surface area contributed by atoms with Gasteiger partial charge in [-0.1, -0.05) is 54.6 Å². The number of anilines is 1. The number of sulfonamides is 1. The molecule has 2 aromatic carbocycles. The molecule has 3 fully saturated rings. The highest BCUT2D eigenvalue weighted by atomic mass is 32.2. The van der Waals surface area contributed by atoms with Crippen molar-refractivity contribution in [2.24, 2.45) is 11.7 Å². The predicted molar refractivity (Wildman–Crippen MR) is 154 cm³/mol. The van der Waals surface area contributed by atoms with E-state index in [9.17, 15) is 13.2 Å². The number of aromatic nitrogens is 2. The second-order valence-corrected chi connectivity index (χ2v) is 13.4.